The molecule has 25 heavy (non-hydrogen) atoms. The van der Waals surface area contributed by atoms with E-state index in [1.54, 1.807) is 11.6 Å². The van der Waals surface area contributed by atoms with Crippen LogP contribution in [0.4, 0.5) is 5.69 Å². The second kappa shape index (κ2) is 7.14. The monoisotopic (exact) mass is 336 g/mol. The Kier molecular flexibility index (Phi) is 4.94. The van der Waals surface area contributed by atoms with Crippen molar-refractivity contribution in [2.45, 2.75) is 51.4 Å². The average Bonchev–Trinajstić information content (AvgIpc) is 2.94. The van der Waals surface area contributed by atoms with E-state index in [4.69, 9.17) is 6.57 Å². The first kappa shape index (κ1) is 17.3. The van der Waals surface area contributed by atoms with Crippen LogP contribution in [0.25, 0.3) is 16.0 Å². The fourth-order valence-electron chi connectivity index (χ4n) is 4.12. The molecule has 4 heteroatoms. The summed E-state index contributed by atoms with van der Waals surface area (Å²) in [4.78, 5) is 15.5. The summed E-state index contributed by atoms with van der Waals surface area (Å²) in [6.45, 7) is 9.50. The van der Waals surface area contributed by atoms with Crippen LogP contribution in [0, 0.1) is 6.57 Å². The first-order valence-electron chi connectivity index (χ1n) is 9.01. The maximum atomic E-state index is 11.8. The molecule has 0 aliphatic heterocycles. The van der Waals surface area contributed by atoms with Crippen molar-refractivity contribution in [3.63, 3.8) is 0 Å². The van der Waals surface area contributed by atoms with E-state index in [0.29, 0.717) is 23.6 Å². The molecule has 130 valence electrons. The number of aromatic nitrogens is 1. The quantitative estimate of drug-likeness (QED) is 0.744. The number of rotatable bonds is 4. The maximum absolute atomic E-state index is 11.8. The van der Waals surface area contributed by atoms with Crippen molar-refractivity contribution < 1.29 is 9.90 Å². The number of carboxylic acid groups (broad SMARTS) is 1. The average molecular weight is 336 g/mol. The molecule has 0 radical (unpaired) electrons. The van der Waals surface area contributed by atoms with Gasteiger partial charge in [0.2, 0.25) is 5.69 Å². The number of nitrogens with zero attached hydrogens (tertiary/aromatic N) is 2. The van der Waals surface area contributed by atoms with Crippen molar-refractivity contribution in [2.75, 3.05) is 0 Å². The van der Waals surface area contributed by atoms with Gasteiger partial charge in [-0.05, 0) is 36.3 Å². The predicted octanol–water partition coefficient (Wildman–Crippen LogP) is 5.55. The maximum Gasteiger partial charge on any atom is 0.351 e. The number of hydrogen-bond donors (Lipinski definition) is 1. The zero-order valence-corrected chi connectivity index (χ0v) is 14.9. The lowest BCUT2D eigenvalue weighted by Crippen LogP contribution is -2.08. The van der Waals surface area contributed by atoms with Crippen LogP contribution >= 0.6 is 0 Å². The lowest BCUT2D eigenvalue weighted by Gasteiger charge is -2.22. The number of benzene rings is 1. The largest absolute Gasteiger partial charge is 0.477 e. The van der Waals surface area contributed by atoms with E-state index in [2.05, 4.69) is 17.0 Å². The highest BCUT2D eigenvalue weighted by molar-refractivity contribution is 6.00. The molecule has 2 aromatic rings. The Bertz CT molecular complexity index is 819. The normalized spacial score (nSPS) is 15.1. The lowest BCUT2D eigenvalue weighted by atomic mass is 9.83. The molecule has 1 aliphatic rings. The molecule has 3 rings (SSSR count). The van der Waals surface area contributed by atoms with Crippen molar-refractivity contribution >= 4 is 11.7 Å². The van der Waals surface area contributed by atoms with Crippen molar-refractivity contribution in [3.05, 3.63) is 52.6 Å². The molecule has 1 saturated carbocycles. The third kappa shape index (κ3) is 3.07. The van der Waals surface area contributed by atoms with Crippen LogP contribution in [0.1, 0.15) is 66.7 Å². The number of carbonyl (C=O) groups is 1. The molecule has 0 bridgehead atoms. The summed E-state index contributed by atoms with van der Waals surface area (Å²) in [5, 5.41) is 9.67. The Morgan fingerprint density at radius 3 is 2.40 bits per heavy atom. The molecule has 1 N–H and O–H groups in total. The second-order valence-electron chi connectivity index (χ2n) is 6.81. The Morgan fingerprint density at radius 2 is 1.88 bits per heavy atom. The van der Waals surface area contributed by atoms with Crippen molar-refractivity contribution in [1.29, 1.82) is 0 Å². The summed E-state index contributed by atoms with van der Waals surface area (Å²) in [5.41, 5.74) is 4.14. The van der Waals surface area contributed by atoms with E-state index in [1.807, 2.05) is 19.1 Å². The van der Waals surface area contributed by atoms with Gasteiger partial charge < -0.3 is 9.67 Å². The molecule has 0 amide bonds. The molecule has 0 atom stereocenters. The standard InChI is InChI=1S/C21H24N2O2/c1-4-17-19(22-2)18(20(21(24)25)23(17)3)16-12-10-15(11-13-16)14-8-6-5-7-9-14/h10-14H,4-9H2,1,3H3,(H,24,25). The van der Waals surface area contributed by atoms with Crippen LogP contribution in [0.15, 0.2) is 24.3 Å². The Balaban J connectivity index is 2.07. The molecule has 4 nitrogen and oxygen atoms in total. The van der Waals surface area contributed by atoms with Gasteiger partial charge in [-0.1, -0.05) is 50.5 Å². The van der Waals surface area contributed by atoms with Gasteiger partial charge in [-0.15, -0.1) is 0 Å². The van der Waals surface area contributed by atoms with Crippen LogP contribution in [0.5, 0.6) is 0 Å². The highest BCUT2D eigenvalue weighted by Crippen LogP contribution is 2.40. The van der Waals surface area contributed by atoms with E-state index >= 15 is 0 Å². The van der Waals surface area contributed by atoms with E-state index in [9.17, 15) is 9.90 Å². The fourth-order valence-corrected chi connectivity index (χ4v) is 4.12. The van der Waals surface area contributed by atoms with Crippen molar-refractivity contribution in [1.82, 2.24) is 4.57 Å². The first-order chi connectivity index (χ1) is 12.1. The van der Waals surface area contributed by atoms with Gasteiger partial charge in [-0.2, -0.15) is 0 Å². The summed E-state index contributed by atoms with van der Waals surface area (Å²) in [6, 6.07) is 8.20. The van der Waals surface area contributed by atoms with Crippen molar-refractivity contribution in [2.24, 2.45) is 7.05 Å². The van der Waals surface area contributed by atoms with Gasteiger partial charge in [0.05, 0.1) is 6.57 Å². The minimum atomic E-state index is -0.988. The number of hydrogen-bond acceptors (Lipinski definition) is 1. The summed E-state index contributed by atoms with van der Waals surface area (Å²) in [7, 11) is 1.73. The van der Waals surface area contributed by atoms with E-state index in [1.165, 1.54) is 37.7 Å². The van der Waals surface area contributed by atoms with Gasteiger partial charge >= 0.3 is 5.97 Å². The second-order valence-corrected chi connectivity index (χ2v) is 6.81. The van der Waals surface area contributed by atoms with Crippen LogP contribution < -0.4 is 0 Å². The highest BCUT2D eigenvalue weighted by Gasteiger charge is 2.26. The van der Waals surface area contributed by atoms with E-state index < -0.39 is 5.97 Å². The molecular formula is C21H24N2O2. The third-order valence-electron chi connectivity index (χ3n) is 5.41. The first-order valence-corrected chi connectivity index (χ1v) is 9.01. The zero-order chi connectivity index (χ0) is 18.0. The number of carboxylic acids is 1. The fraction of sp³-hybridized carbons (Fsp3) is 0.429. The zero-order valence-electron chi connectivity index (χ0n) is 14.9. The highest BCUT2D eigenvalue weighted by atomic mass is 16.4. The van der Waals surface area contributed by atoms with Gasteiger partial charge in [0, 0.05) is 18.3 Å². The molecule has 0 unspecified atom stereocenters. The van der Waals surface area contributed by atoms with Crippen LogP contribution in [0.3, 0.4) is 0 Å². The van der Waals surface area contributed by atoms with Crippen molar-refractivity contribution in [3.8, 4) is 11.1 Å². The Hall–Kier alpha value is -2.54. The molecule has 1 aromatic heterocycles. The van der Waals surface area contributed by atoms with Gasteiger partial charge in [0.15, 0.2) is 0 Å². The van der Waals surface area contributed by atoms with E-state index in [-0.39, 0.29) is 5.69 Å². The van der Waals surface area contributed by atoms with E-state index in [0.717, 1.165) is 11.3 Å². The molecule has 1 heterocycles. The third-order valence-corrected chi connectivity index (χ3v) is 5.41. The predicted molar refractivity (Wildman–Crippen MR) is 99.3 cm³/mol. The van der Waals surface area contributed by atoms with Gasteiger partial charge in [-0.25, -0.2) is 9.64 Å². The van der Waals surface area contributed by atoms with Crippen LogP contribution in [-0.2, 0) is 13.5 Å². The van der Waals surface area contributed by atoms with Gasteiger partial charge in [0.25, 0.3) is 0 Å². The summed E-state index contributed by atoms with van der Waals surface area (Å²) >= 11 is 0. The Morgan fingerprint density at radius 1 is 1.24 bits per heavy atom. The molecule has 1 aliphatic carbocycles. The van der Waals surface area contributed by atoms with Gasteiger partial charge in [0.1, 0.15) is 5.69 Å². The van der Waals surface area contributed by atoms with Crippen LogP contribution in [0.2, 0.25) is 0 Å². The smallest absolute Gasteiger partial charge is 0.351 e. The topological polar surface area (TPSA) is 46.6 Å². The minimum Gasteiger partial charge on any atom is -0.477 e. The molecule has 0 spiro atoms. The van der Waals surface area contributed by atoms with Crippen LogP contribution in [-0.4, -0.2) is 15.6 Å². The summed E-state index contributed by atoms with van der Waals surface area (Å²) in [6.07, 6.45) is 7.01. The molecule has 1 aromatic carbocycles. The SMILES string of the molecule is [C-]#[N+]c1c(-c2ccc(C3CCCCC3)cc2)c(C(=O)O)n(C)c1CC. The summed E-state index contributed by atoms with van der Waals surface area (Å²) < 4.78 is 1.65. The summed E-state index contributed by atoms with van der Waals surface area (Å²) in [5.74, 6) is -0.373. The Labute approximate surface area is 148 Å². The van der Waals surface area contributed by atoms with Gasteiger partial charge in [-0.3, -0.25) is 0 Å². The molecular weight excluding hydrogens is 312 g/mol. The minimum absolute atomic E-state index is 0.202. The lowest BCUT2D eigenvalue weighted by molar-refractivity contribution is 0.0687. The molecule has 1 fully saturated rings. The number of aromatic carboxylic acids is 1. The molecule has 0 saturated heterocycles.